The number of piperidine rings is 1. The van der Waals surface area contributed by atoms with Crippen molar-refractivity contribution < 1.29 is 9.59 Å². The number of likely N-dealkylation sites (tertiary alicyclic amines) is 2. The van der Waals surface area contributed by atoms with Crippen LogP contribution in [0.3, 0.4) is 0 Å². The van der Waals surface area contributed by atoms with Gasteiger partial charge in [0.25, 0.3) is 0 Å². The molecule has 3 fully saturated rings. The van der Waals surface area contributed by atoms with E-state index in [0.717, 1.165) is 71.6 Å². The number of hydrogen-bond acceptors (Lipinski definition) is 4. The van der Waals surface area contributed by atoms with Crippen LogP contribution in [0, 0.1) is 5.92 Å². The average Bonchev–Trinajstić information content (AvgIpc) is 2.95. The van der Waals surface area contributed by atoms with Crippen molar-refractivity contribution in [2.45, 2.75) is 51.4 Å². The van der Waals surface area contributed by atoms with Gasteiger partial charge in [0.15, 0.2) is 0 Å². The maximum Gasteiger partial charge on any atom is 0.236 e. The van der Waals surface area contributed by atoms with Crippen LogP contribution in [-0.4, -0.2) is 97.4 Å². The lowest BCUT2D eigenvalue weighted by atomic mass is 9.93. The van der Waals surface area contributed by atoms with Gasteiger partial charge in [-0.05, 0) is 58.2 Å². The van der Waals surface area contributed by atoms with E-state index in [9.17, 15) is 9.59 Å². The first-order valence-electron chi connectivity index (χ1n) is 11.1. The minimum atomic E-state index is 0.298. The number of rotatable bonds is 5. The van der Waals surface area contributed by atoms with Crippen molar-refractivity contribution >= 4 is 11.8 Å². The van der Waals surface area contributed by atoms with E-state index >= 15 is 0 Å². The summed E-state index contributed by atoms with van der Waals surface area (Å²) in [7, 11) is 2.11. The highest BCUT2D eigenvalue weighted by atomic mass is 16.2. The van der Waals surface area contributed by atoms with Gasteiger partial charge in [-0.3, -0.25) is 14.5 Å². The summed E-state index contributed by atoms with van der Waals surface area (Å²) in [6.07, 6.45) is 8.87. The molecule has 6 nitrogen and oxygen atoms in total. The lowest BCUT2D eigenvalue weighted by Gasteiger charge is -2.35. The second-order valence-corrected chi connectivity index (χ2v) is 8.76. The Kier molecular flexibility index (Phi) is 7.94. The molecule has 2 amide bonds. The van der Waals surface area contributed by atoms with Crippen molar-refractivity contribution in [1.29, 1.82) is 0 Å². The Morgan fingerprint density at radius 3 is 2.19 bits per heavy atom. The molecule has 1 atom stereocenters. The minimum Gasteiger partial charge on any atom is -0.341 e. The highest BCUT2D eigenvalue weighted by Gasteiger charge is 2.26. The zero-order chi connectivity index (χ0) is 19.1. The summed E-state index contributed by atoms with van der Waals surface area (Å²) < 4.78 is 0. The van der Waals surface area contributed by atoms with E-state index in [4.69, 9.17) is 0 Å². The Hall–Kier alpha value is -1.14. The molecule has 3 rings (SSSR count). The van der Waals surface area contributed by atoms with Gasteiger partial charge in [-0.15, -0.1) is 0 Å². The van der Waals surface area contributed by atoms with Gasteiger partial charge in [0.05, 0.1) is 6.54 Å². The summed E-state index contributed by atoms with van der Waals surface area (Å²) in [5.74, 6) is 1.09. The molecule has 27 heavy (non-hydrogen) atoms. The zero-order valence-corrected chi connectivity index (χ0v) is 17.2. The number of carbonyl (C=O) groups is 2. The molecule has 0 aromatic rings. The standard InChI is InChI=1S/C21H38N4O2/c1-22-13-15-24(16-14-22)20(26)9-8-19-7-6-12-25(17-19)21(27)18-23-10-4-2-3-5-11-23/h19H,2-18H2,1H3/t19-/m0/s1. The third-order valence-corrected chi connectivity index (χ3v) is 6.55. The predicted octanol–water partition coefficient (Wildman–Crippen LogP) is 1.66. The van der Waals surface area contributed by atoms with Crippen molar-refractivity contribution in [2.24, 2.45) is 5.92 Å². The molecule has 0 N–H and O–H groups in total. The Labute approximate surface area is 164 Å². The van der Waals surface area contributed by atoms with E-state index < -0.39 is 0 Å². The van der Waals surface area contributed by atoms with Crippen molar-refractivity contribution in [1.82, 2.24) is 19.6 Å². The SMILES string of the molecule is CN1CCN(C(=O)CC[C@@H]2CCCN(C(=O)CN3CCCCCC3)C2)CC1. The van der Waals surface area contributed by atoms with Crippen LogP contribution < -0.4 is 0 Å². The highest BCUT2D eigenvalue weighted by Crippen LogP contribution is 2.22. The van der Waals surface area contributed by atoms with E-state index in [0.29, 0.717) is 30.7 Å². The fourth-order valence-electron chi connectivity index (χ4n) is 4.65. The van der Waals surface area contributed by atoms with Crippen LogP contribution in [0.2, 0.25) is 0 Å². The quantitative estimate of drug-likeness (QED) is 0.730. The number of amides is 2. The normalized spacial score (nSPS) is 26.0. The Balaban J connectivity index is 1.39. The summed E-state index contributed by atoms with van der Waals surface area (Å²) in [5.41, 5.74) is 0. The zero-order valence-electron chi connectivity index (χ0n) is 17.2. The summed E-state index contributed by atoms with van der Waals surface area (Å²) >= 11 is 0. The molecule has 0 saturated carbocycles. The van der Waals surface area contributed by atoms with Crippen molar-refractivity contribution in [2.75, 3.05) is 66.0 Å². The third kappa shape index (κ3) is 6.46. The molecule has 154 valence electrons. The van der Waals surface area contributed by atoms with Gasteiger partial charge in [-0.1, -0.05) is 12.8 Å². The molecule has 0 bridgehead atoms. The number of hydrogen-bond donors (Lipinski definition) is 0. The van der Waals surface area contributed by atoms with E-state index in [1.165, 1.54) is 25.7 Å². The number of nitrogens with zero attached hydrogens (tertiary/aromatic N) is 4. The van der Waals surface area contributed by atoms with Gasteiger partial charge in [0, 0.05) is 45.7 Å². The monoisotopic (exact) mass is 378 g/mol. The number of piperazine rings is 1. The Morgan fingerprint density at radius 2 is 1.48 bits per heavy atom. The van der Waals surface area contributed by atoms with Crippen LogP contribution in [0.4, 0.5) is 0 Å². The molecule has 3 aliphatic rings. The maximum atomic E-state index is 12.7. The summed E-state index contributed by atoms with van der Waals surface area (Å²) in [4.78, 5) is 33.9. The topological polar surface area (TPSA) is 47.1 Å². The first-order chi connectivity index (χ1) is 13.1. The molecule has 0 radical (unpaired) electrons. The van der Waals surface area contributed by atoms with Crippen LogP contribution in [-0.2, 0) is 9.59 Å². The largest absolute Gasteiger partial charge is 0.341 e. The van der Waals surface area contributed by atoms with Crippen LogP contribution in [0.15, 0.2) is 0 Å². The molecule has 3 aliphatic heterocycles. The molecule has 0 aromatic heterocycles. The van der Waals surface area contributed by atoms with Gasteiger partial charge < -0.3 is 14.7 Å². The first kappa shape index (κ1) is 20.6. The molecule has 0 aliphatic carbocycles. The minimum absolute atomic E-state index is 0.298. The van der Waals surface area contributed by atoms with Gasteiger partial charge in [-0.25, -0.2) is 0 Å². The predicted molar refractivity (Wildman–Crippen MR) is 108 cm³/mol. The average molecular weight is 379 g/mol. The summed E-state index contributed by atoms with van der Waals surface area (Å²) in [6.45, 7) is 8.17. The van der Waals surface area contributed by atoms with Gasteiger partial charge in [-0.2, -0.15) is 0 Å². The molecule has 3 saturated heterocycles. The van der Waals surface area contributed by atoms with Crippen molar-refractivity contribution in [3.8, 4) is 0 Å². The second-order valence-electron chi connectivity index (χ2n) is 8.76. The van der Waals surface area contributed by atoms with E-state index in [2.05, 4.69) is 21.7 Å². The number of likely N-dealkylation sites (N-methyl/N-ethyl adjacent to an activating group) is 1. The molecule has 0 unspecified atom stereocenters. The second kappa shape index (κ2) is 10.4. The molecule has 0 aromatic carbocycles. The first-order valence-corrected chi connectivity index (χ1v) is 11.1. The molecule has 3 heterocycles. The Bertz CT molecular complexity index is 483. The van der Waals surface area contributed by atoms with Crippen LogP contribution in [0.1, 0.15) is 51.4 Å². The lowest BCUT2D eigenvalue weighted by molar-refractivity contribution is -0.134. The fourth-order valence-corrected chi connectivity index (χ4v) is 4.65. The molecular formula is C21H38N4O2. The molecule has 0 spiro atoms. The van der Waals surface area contributed by atoms with Crippen molar-refractivity contribution in [3.05, 3.63) is 0 Å². The third-order valence-electron chi connectivity index (χ3n) is 6.55. The highest BCUT2D eigenvalue weighted by molar-refractivity contribution is 5.78. The van der Waals surface area contributed by atoms with Crippen molar-refractivity contribution in [3.63, 3.8) is 0 Å². The van der Waals surface area contributed by atoms with Gasteiger partial charge in [0.1, 0.15) is 0 Å². The van der Waals surface area contributed by atoms with E-state index in [-0.39, 0.29) is 0 Å². The maximum absolute atomic E-state index is 12.7. The molecular weight excluding hydrogens is 340 g/mol. The van der Waals surface area contributed by atoms with Gasteiger partial charge in [0.2, 0.25) is 11.8 Å². The van der Waals surface area contributed by atoms with E-state index in [1.807, 2.05) is 4.90 Å². The van der Waals surface area contributed by atoms with Crippen LogP contribution in [0.25, 0.3) is 0 Å². The van der Waals surface area contributed by atoms with E-state index in [1.54, 1.807) is 0 Å². The molecule has 6 heteroatoms. The van der Waals surface area contributed by atoms with Crippen LogP contribution in [0.5, 0.6) is 0 Å². The summed E-state index contributed by atoms with van der Waals surface area (Å²) in [6, 6.07) is 0. The smallest absolute Gasteiger partial charge is 0.236 e. The number of carbonyl (C=O) groups excluding carboxylic acids is 2. The van der Waals surface area contributed by atoms with Crippen LogP contribution >= 0.6 is 0 Å². The Morgan fingerprint density at radius 1 is 0.778 bits per heavy atom. The summed E-state index contributed by atoms with van der Waals surface area (Å²) in [5, 5.41) is 0. The lowest BCUT2D eigenvalue weighted by Crippen LogP contribution is -2.47. The fraction of sp³-hybridized carbons (Fsp3) is 0.905. The van der Waals surface area contributed by atoms with Gasteiger partial charge >= 0.3 is 0 Å².